The number of halogens is 3. The summed E-state index contributed by atoms with van der Waals surface area (Å²) in [5.41, 5.74) is -1.48. The summed E-state index contributed by atoms with van der Waals surface area (Å²) in [4.78, 5) is 26.7. The minimum Gasteiger partial charge on any atom is -0.462 e. The highest BCUT2D eigenvalue weighted by molar-refractivity contribution is 5.94. The normalized spacial score (nSPS) is 17.2. The summed E-state index contributed by atoms with van der Waals surface area (Å²) in [7, 11) is 0. The van der Waals surface area contributed by atoms with Gasteiger partial charge in [0.25, 0.3) is 5.91 Å². The molecule has 1 aromatic carbocycles. The van der Waals surface area contributed by atoms with Gasteiger partial charge in [0.05, 0.1) is 18.5 Å². The SMILES string of the molecule is CCOC(=O)c1cnn(-c2ccc(C(=O)NCCN3CCCCC3C)cc2)c1C(F)(F)F. The first-order chi connectivity index (χ1) is 15.2. The zero-order chi connectivity index (χ0) is 23.3. The minimum absolute atomic E-state index is 0.0538. The molecule has 1 aliphatic heterocycles. The van der Waals surface area contributed by atoms with Gasteiger partial charge in [0.15, 0.2) is 5.69 Å². The highest BCUT2D eigenvalue weighted by Crippen LogP contribution is 2.34. The second-order valence-electron chi connectivity index (χ2n) is 7.72. The fraction of sp³-hybridized carbons (Fsp3) is 0.500. The van der Waals surface area contributed by atoms with Gasteiger partial charge in [-0.15, -0.1) is 0 Å². The molecule has 10 heteroatoms. The molecule has 1 unspecified atom stereocenters. The lowest BCUT2D eigenvalue weighted by Gasteiger charge is -2.33. The Bertz CT molecular complexity index is 941. The topological polar surface area (TPSA) is 76.5 Å². The largest absolute Gasteiger partial charge is 0.462 e. The number of aromatic nitrogens is 2. The molecule has 0 saturated carbocycles. The van der Waals surface area contributed by atoms with Crippen molar-refractivity contribution in [3.05, 3.63) is 47.3 Å². The van der Waals surface area contributed by atoms with Gasteiger partial charge in [-0.05, 0) is 57.5 Å². The van der Waals surface area contributed by atoms with Crippen LogP contribution in [0.3, 0.4) is 0 Å². The van der Waals surface area contributed by atoms with Crippen LogP contribution in [0.5, 0.6) is 0 Å². The number of piperidine rings is 1. The molecular weight excluding hydrogens is 425 g/mol. The predicted octanol–water partition coefficient (Wildman–Crippen LogP) is 3.67. The Balaban J connectivity index is 1.70. The molecule has 2 aromatic rings. The predicted molar refractivity (Wildman–Crippen MR) is 112 cm³/mol. The Morgan fingerprint density at radius 1 is 1.22 bits per heavy atom. The fourth-order valence-corrected chi connectivity index (χ4v) is 3.83. The van der Waals surface area contributed by atoms with Crippen molar-refractivity contribution in [3.63, 3.8) is 0 Å². The number of benzene rings is 1. The Kier molecular flexibility index (Phi) is 7.55. The number of hydrogen-bond acceptors (Lipinski definition) is 5. The lowest BCUT2D eigenvalue weighted by molar-refractivity contribution is -0.143. The average Bonchev–Trinajstić information content (AvgIpc) is 3.21. The van der Waals surface area contributed by atoms with Crippen LogP contribution in [0, 0.1) is 0 Å². The third kappa shape index (κ3) is 5.48. The summed E-state index contributed by atoms with van der Waals surface area (Å²) in [5, 5.41) is 6.58. The molecule has 32 heavy (non-hydrogen) atoms. The van der Waals surface area contributed by atoms with E-state index in [0.29, 0.717) is 22.8 Å². The quantitative estimate of drug-likeness (QED) is 0.649. The van der Waals surface area contributed by atoms with Crippen LogP contribution in [0.15, 0.2) is 30.5 Å². The molecule has 1 aliphatic rings. The van der Waals surface area contributed by atoms with Crippen molar-refractivity contribution in [2.75, 3.05) is 26.2 Å². The van der Waals surface area contributed by atoms with E-state index in [1.165, 1.54) is 37.6 Å². The molecule has 7 nitrogen and oxygen atoms in total. The summed E-state index contributed by atoms with van der Waals surface area (Å²) in [6, 6.07) is 6.08. The number of amides is 1. The first-order valence-corrected chi connectivity index (χ1v) is 10.7. The van der Waals surface area contributed by atoms with Gasteiger partial charge < -0.3 is 10.1 Å². The van der Waals surface area contributed by atoms with E-state index in [1.54, 1.807) is 0 Å². The zero-order valence-corrected chi connectivity index (χ0v) is 18.1. The molecule has 0 bridgehead atoms. The standard InChI is InChI=1S/C22H27F3N4O3/c1-3-32-21(31)18-14-27-29(19(18)22(23,24)25)17-9-7-16(8-10-17)20(30)26-11-13-28-12-5-4-6-15(28)2/h7-10,14-15H,3-6,11-13H2,1-2H3,(H,26,30). The highest BCUT2D eigenvalue weighted by atomic mass is 19.4. The molecule has 174 valence electrons. The van der Waals surface area contributed by atoms with Gasteiger partial charge in [-0.2, -0.15) is 18.3 Å². The lowest BCUT2D eigenvalue weighted by Crippen LogP contribution is -2.42. The van der Waals surface area contributed by atoms with Crippen molar-refractivity contribution in [1.29, 1.82) is 0 Å². The Labute approximate surface area is 184 Å². The summed E-state index contributed by atoms with van der Waals surface area (Å²) in [6.45, 7) is 5.89. The summed E-state index contributed by atoms with van der Waals surface area (Å²) in [5.74, 6) is -1.39. The first kappa shape index (κ1) is 23.8. The molecule has 1 N–H and O–H groups in total. The number of ether oxygens (including phenoxy) is 1. The maximum absolute atomic E-state index is 13.6. The second-order valence-corrected chi connectivity index (χ2v) is 7.72. The summed E-state index contributed by atoms with van der Waals surface area (Å²) >= 11 is 0. The number of likely N-dealkylation sites (tertiary alicyclic amines) is 1. The van der Waals surface area contributed by atoms with Crippen LogP contribution < -0.4 is 5.32 Å². The van der Waals surface area contributed by atoms with Gasteiger partial charge in [0, 0.05) is 24.7 Å². The van der Waals surface area contributed by atoms with E-state index in [2.05, 4.69) is 22.2 Å². The highest BCUT2D eigenvalue weighted by Gasteiger charge is 2.41. The summed E-state index contributed by atoms with van der Waals surface area (Å²) in [6.07, 6.45) is -0.446. The first-order valence-electron chi connectivity index (χ1n) is 10.7. The smallest absolute Gasteiger partial charge is 0.434 e. The van der Waals surface area contributed by atoms with Crippen molar-refractivity contribution < 1.29 is 27.5 Å². The van der Waals surface area contributed by atoms with Gasteiger partial charge in [-0.1, -0.05) is 6.42 Å². The fourth-order valence-electron chi connectivity index (χ4n) is 3.83. The van der Waals surface area contributed by atoms with Crippen LogP contribution in [0.1, 0.15) is 59.5 Å². The van der Waals surface area contributed by atoms with Crippen molar-refractivity contribution in [2.24, 2.45) is 0 Å². The number of nitrogens with zero attached hydrogens (tertiary/aromatic N) is 3. The molecule has 0 aliphatic carbocycles. The molecule has 1 atom stereocenters. The molecule has 1 saturated heterocycles. The van der Waals surface area contributed by atoms with E-state index in [1.807, 2.05) is 0 Å². The monoisotopic (exact) mass is 452 g/mol. The number of esters is 1. The van der Waals surface area contributed by atoms with Gasteiger partial charge in [-0.25, -0.2) is 9.48 Å². The van der Waals surface area contributed by atoms with E-state index in [4.69, 9.17) is 4.74 Å². The van der Waals surface area contributed by atoms with Gasteiger partial charge in [-0.3, -0.25) is 9.69 Å². The molecule has 1 amide bonds. The third-order valence-electron chi connectivity index (χ3n) is 5.53. The van der Waals surface area contributed by atoms with Crippen molar-refractivity contribution in [3.8, 4) is 5.69 Å². The second kappa shape index (κ2) is 10.2. The van der Waals surface area contributed by atoms with Crippen LogP contribution >= 0.6 is 0 Å². The molecule has 0 radical (unpaired) electrons. The van der Waals surface area contributed by atoms with Crippen LogP contribution in [0.25, 0.3) is 5.69 Å². The Hall–Kier alpha value is -2.88. The molecule has 1 aromatic heterocycles. The lowest BCUT2D eigenvalue weighted by atomic mass is 10.0. The molecule has 3 rings (SSSR count). The van der Waals surface area contributed by atoms with Gasteiger partial charge >= 0.3 is 12.1 Å². The van der Waals surface area contributed by atoms with Crippen LogP contribution in [0.2, 0.25) is 0 Å². The summed E-state index contributed by atoms with van der Waals surface area (Å²) < 4.78 is 46.2. The minimum atomic E-state index is -4.82. The molecule has 0 spiro atoms. The zero-order valence-electron chi connectivity index (χ0n) is 18.1. The Morgan fingerprint density at radius 3 is 2.56 bits per heavy atom. The Morgan fingerprint density at radius 2 is 1.94 bits per heavy atom. The number of carbonyl (C=O) groups is 2. The van der Waals surface area contributed by atoms with Crippen molar-refractivity contribution in [1.82, 2.24) is 20.0 Å². The van der Waals surface area contributed by atoms with E-state index >= 15 is 0 Å². The van der Waals surface area contributed by atoms with E-state index in [9.17, 15) is 22.8 Å². The van der Waals surface area contributed by atoms with E-state index in [0.717, 1.165) is 32.1 Å². The van der Waals surface area contributed by atoms with E-state index in [-0.39, 0.29) is 18.2 Å². The van der Waals surface area contributed by atoms with Crippen LogP contribution in [0.4, 0.5) is 13.2 Å². The number of rotatable bonds is 7. The average molecular weight is 452 g/mol. The van der Waals surface area contributed by atoms with Gasteiger partial charge in [0.2, 0.25) is 0 Å². The number of hydrogen-bond donors (Lipinski definition) is 1. The maximum Gasteiger partial charge on any atom is 0.434 e. The molecule has 2 heterocycles. The van der Waals surface area contributed by atoms with Gasteiger partial charge in [0.1, 0.15) is 5.56 Å². The third-order valence-corrected chi connectivity index (χ3v) is 5.53. The van der Waals surface area contributed by atoms with Crippen molar-refractivity contribution >= 4 is 11.9 Å². The van der Waals surface area contributed by atoms with Crippen LogP contribution in [-0.2, 0) is 10.9 Å². The number of nitrogens with one attached hydrogen (secondary N) is 1. The van der Waals surface area contributed by atoms with E-state index < -0.39 is 23.4 Å². The van der Waals surface area contributed by atoms with Crippen LogP contribution in [-0.4, -0.2) is 58.8 Å². The number of carbonyl (C=O) groups excluding carboxylic acids is 2. The van der Waals surface area contributed by atoms with Crippen molar-refractivity contribution in [2.45, 2.75) is 45.3 Å². The molecular formula is C22H27F3N4O3. The maximum atomic E-state index is 13.6. The number of alkyl halides is 3. The molecule has 1 fully saturated rings.